The van der Waals surface area contributed by atoms with Crippen LogP contribution < -0.4 is 0 Å². The first-order valence-electron chi connectivity index (χ1n) is 7.28. The zero-order chi connectivity index (χ0) is 16.2. The van der Waals surface area contributed by atoms with E-state index in [2.05, 4.69) is 11.7 Å². The summed E-state index contributed by atoms with van der Waals surface area (Å²) >= 11 is 0. The Morgan fingerprint density at radius 3 is 2.00 bits per heavy atom. The standard InChI is InChI=1S/C20H16FNO/c1-22-18-9-6-15(7-10-18)17-8-11-19(20(21)12-17)16-4-2-14(13-23)3-5-16/h2-12,23H,1,13H2. The zero-order valence-electron chi connectivity index (χ0n) is 12.5. The molecule has 0 bridgehead atoms. The predicted molar refractivity (Wildman–Crippen MR) is 92.4 cm³/mol. The SMILES string of the molecule is C=Nc1ccc(-c2ccc(-c3ccc(CO)cc3)c(F)c2)cc1. The molecule has 0 amide bonds. The fourth-order valence-corrected chi connectivity index (χ4v) is 2.48. The number of rotatable bonds is 4. The third kappa shape index (κ3) is 3.20. The maximum absolute atomic E-state index is 14.5. The summed E-state index contributed by atoms with van der Waals surface area (Å²) in [7, 11) is 0. The van der Waals surface area contributed by atoms with E-state index in [0.717, 1.165) is 27.9 Å². The maximum atomic E-state index is 14.5. The topological polar surface area (TPSA) is 32.6 Å². The molecular formula is C20H16FNO. The van der Waals surface area contributed by atoms with Gasteiger partial charge < -0.3 is 5.11 Å². The van der Waals surface area contributed by atoms with Gasteiger partial charge >= 0.3 is 0 Å². The van der Waals surface area contributed by atoms with Crippen LogP contribution in [0.25, 0.3) is 22.3 Å². The highest BCUT2D eigenvalue weighted by molar-refractivity contribution is 5.72. The lowest BCUT2D eigenvalue weighted by atomic mass is 9.99. The lowest BCUT2D eigenvalue weighted by Crippen LogP contribution is -1.88. The first kappa shape index (κ1) is 15.1. The van der Waals surface area contributed by atoms with Crippen LogP contribution in [0.3, 0.4) is 0 Å². The highest BCUT2D eigenvalue weighted by atomic mass is 19.1. The molecule has 0 unspecified atom stereocenters. The van der Waals surface area contributed by atoms with Crippen molar-refractivity contribution in [2.24, 2.45) is 4.99 Å². The Morgan fingerprint density at radius 1 is 0.826 bits per heavy atom. The van der Waals surface area contributed by atoms with Gasteiger partial charge in [-0.2, -0.15) is 0 Å². The van der Waals surface area contributed by atoms with Crippen molar-refractivity contribution in [3.63, 3.8) is 0 Å². The van der Waals surface area contributed by atoms with E-state index in [1.54, 1.807) is 18.2 Å². The van der Waals surface area contributed by atoms with Gasteiger partial charge in [-0.05, 0) is 47.2 Å². The minimum Gasteiger partial charge on any atom is -0.392 e. The van der Waals surface area contributed by atoms with Gasteiger partial charge in [0.05, 0.1) is 12.3 Å². The fourth-order valence-electron chi connectivity index (χ4n) is 2.48. The lowest BCUT2D eigenvalue weighted by Gasteiger charge is -2.08. The van der Waals surface area contributed by atoms with E-state index in [0.29, 0.717) is 5.56 Å². The van der Waals surface area contributed by atoms with Gasteiger partial charge in [0, 0.05) is 5.56 Å². The van der Waals surface area contributed by atoms with Crippen LogP contribution in [-0.4, -0.2) is 11.8 Å². The molecule has 114 valence electrons. The molecule has 0 aliphatic heterocycles. The third-order valence-electron chi connectivity index (χ3n) is 3.80. The third-order valence-corrected chi connectivity index (χ3v) is 3.80. The van der Waals surface area contributed by atoms with Crippen molar-refractivity contribution >= 4 is 12.4 Å². The average Bonchev–Trinajstić information content (AvgIpc) is 2.62. The minimum atomic E-state index is -0.273. The van der Waals surface area contributed by atoms with Crippen molar-refractivity contribution in [3.8, 4) is 22.3 Å². The maximum Gasteiger partial charge on any atom is 0.131 e. The predicted octanol–water partition coefficient (Wildman–Crippen LogP) is 4.98. The number of nitrogens with zero attached hydrogens (tertiary/aromatic N) is 1. The molecule has 0 fully saturated rings. The van der Waals surface area contributed by atoms with Crippen molar-refractivity contribution < 1.29 is 9.50 Å². The number of aliphatic hydroxyl groups excluding tert-OH is 1. The monoisotopic (exact) mass is 305 g/mol. The van der Waals surface area contributed by atoms with Crippen molar-refractivity contribution in [2.75, 3.05) is 0 Å². The van der Waals surface area contributed by atoms with Crippen LogP contribution in [0.1, 0.15) is 5.56 Å². The highest BCUT2D eigenvalue weighted by Gasteiger charge is 2.07. The molecule has 1 N–H and O–H groups in total. The molecule has 0 radical (unpaired) electrons. The second kappa shape index (κ2) is 6.55. The Balaban J connectivity index is 1.94. The summed E-state index contributed by atoms with van der Waals surface area (Å²) in [6, 6.07) is 19.9. The van der Waals surface area contributed by atoms with Gasteiger partial charge in [0.2, 0.25) is 0 Å². The van der Waals surface area contributed by atoms with E-state index in [1.165, 1.54) is 6.07 Å². The molecule has 3 heteroatoms. The van der Waals surface area contributed by atoms with E-state index in [-0.39, 0.29) is 12.4 Å². The summed E-state index contributed by atoms with van der Waals surface area (Å²) in [6.45, 7) is 3.46. The summed E-state index contributed by atoms with van der Waals surface area (Å²) in [5, 5.41) is 9.07. The molecule has 0 saturated heterocycles. The number of aliphatic imine (C=N–C) groups is 1. The van der Waals surface area contributed by atoms with Gasteiger partial charge in [0.1, 0.15) is 5.82 Å². The summed E-state index contributed by atoms with van der Waals surface area (Å²) in [5.74, 6) is -0.273. The molecule has 0 heterocycles. The Hall–Kier alpha value is -2.78. The van der Waals surface area contributed by atoms with E-state index in [9.17, 15) is 4.39 Å². The molecule has 0 aliphatic carbocycles. The van der Waals surface area contributed by atoms with Gasteiger partial charge in [-0.3, -0.25) is 4.99 Å². The molecular weight excluding hydrogens is 289 g/mol. The lowest BCUT2D eigenvalue weighted by molar-refractivity contribution is 0.282. The van der Waals surface area contributed by atoms with Crippen LogP contribution in [0.4, 0.5) is 10.1 Å². The molecule has 0 atom stereocenters. The van der Waals surface area contributed by atoms with Crippen LogP contribution in [0.15, 0.2) is 71.7 Å². The van der Waals surface area contributed by atoms with Gasteiger partial charge in [0.25, 0.3) is 0 Å². The molecule has 23 heavy (non-hydrogen) atoms. The first-order chi connectivity index (χ1) is 11.2. The largest absolute Gasteiger partial charge is 0.392 e. The molecule has 2 nitrogen and oxygen atoms in total. The highest BCUT2D eigenvalue weighted by Crippen LogP contribution is 2.29. The van der Waals surface area contributed by atoms with Crippen molar-refractivity contribution in [1.82, 2.24) is 0 Å². The van der Waals surface area contributed by atoms with E-state index < -0.39 is 0 Å². The molecule has 0 spiro atoms. The zero-order valence-corrected chi connectivity index (χ0v) is 12.5. The quantitative estimate of drug-likeness (QED) is 0.677. The molecule has 0 aromatic heterocycles. The minimum absolute atomic E-state index is 0.0166. The van der Waals surface area contributed by atoms with Crippen LogP contribution in [0, 0.1) is 5.82 Å². The van der Waals surface area contributed by atoms with Gasteiger partial charge in [-0.25, -0.2) is 4.39 Å². The smallest absolute Gasteiger partial charge is 0.131 e. The summed E-state index contributed by atoms with van der Waals surface area (Å²) in [6.07, 6.45) is 0. The van der Waals surface area contributed by atoms with Crippen molar-refractivity contribution in [2.45, 2.75) is 6.61 Å². The van der Waals surface area contributed by atoms with Gasteiger partial charge in [-0.15, -0.1) is 0 Å². The molecule has 0 aliphatic rings. The molecule has 0 saturated carbocycles. The average molecular weight is 305 g/mol. The van der Waals surface area contributed by atoms with Crippen LogP contribution in [0.2, 0.25) is 0 Å². The molecule has 3 rings (SSSR count). The van der Waals surface area contributed by atoms with Crippen LogP contribution in [0.5, 0.6) is 0 Å². The first-order valence-corrected chi connectivity index (χ1v) is 7.28. The number of aliphatic hydroxyl groups is 1. The number of hydrogen-bond donors (Lipinski definition) is 1. The van der Waals surface area contributed by atoms with E-state index >= 15 is 0 Å². The Bertz CT molecular complexity index is 823. The molecule has 3 aromatic carbocycles. The normalized spacial score (nSPS) is 10.5. The van der Waals surface area contributed by atoms with Crippen molar-refractivity contribution in [3.05, 3.63) is 78.1 Å². The summed E-state index contributed by atoms with van der Waals surface area (Å²) < 4.78 is 14.5. The summed E-state index contributed by atoms with van der Waals surface area (Å²) in [5.41, 5.74) is 4.67. The Kier molecular flexibility index (Phi) is 4.31. The van der Waals surface area contributed by atoms with Crippen LogP contribution in [-0.2, 0) is 6.61 Å². The second-order valence-corrected chi connectivity index (χ2v) is 5.25. The Labute approximate surface area is 134 Å². The van der Waals surface area contributed by atoms with E-state index in [1.807, 2.05) is 42.5 Å². The summed E-state index contributed by atoms with van der Waals surface area (Å²) in [4.78, 5) is 3.85. The number of halogens is 1. The van der Waals surface area contributed by atoms with Gasteiger partial charge in [0.15, 0.2) is 0 Å². The second-order valence-electron chi connectivity index (χ2n) is 5.25. The Morgan fingerprint density at radius 2 is 1.43 bits per heavy atom. The van der Waals surface area contributed by atoms with Crippen molar-refractivity contribution in [1.29, 1.82) is 0 Å². The van der Waals surface area contributed by atoms with E-state index in [4.69, 9.17) is 5.11 Å². The van der Waals surface area contributed by atoms with Crippen LogP contribution >= 0.6 is 0 Å². The fraction of sp³-hybridized carbons (Fsp3) is 0.0500. The number of hydrogen-bond acceptors (Lipinski definition) is 2. The van der Waals surface area contributed by atoms with Gasteiger partial charge in [-0.1, -0.05) is 48.5 Å². The molecule has 3 aromatic rings. The number of benzene rings is 3.